The van der Waals surface area contributed by atoms with E-state index in [0.29, 0.717) is 11.5 Å². The van der Waals surface area contributed by atoms with Crippen LogP contribution in [0, 0.1) is 0 Å². The number of hydrogen-bond donors (Lipinski definition) is 2. The van der Waals surface area contributed by atoms with Gasteiger partial charge in [-0.05, 0) is 6.42 Å². The lowest BCUT2D eigenvalue weighted by Gasteiger charge is -2.08. The van der Waals surface area contributed by atoms with Gasteiger partial charge in [-0.3, -0.25) is 4.68 Å². The Hall–Kier alpha value is -1.34. The van der Waals surface area contributed by atoms with E-state index in [-0.39, 0.29) is 6.61 Å². The molecule has 7 heteroatoms. The molecular weight excluding hydrogens is 262 g/mol. The van der Waals surface area contributed by atoms with Crippen molar-refractivity contribution in [1.29, 1.82) is 0 Å². The van der Waals surface area contributed by atoms with Gasteiger partial charge in [0.2, 0.25) is 0 Å². The van der Waals surface area contributed by atoms with Gasteiger partial charge in [-0.25, -0.2) is 9.97 Å². The Bertz CT molecular complexity index is 542. The smallest absolute Gasteiger partial charge is 0.163 e. The minimum absolute atomic E-state index is 0.180. The van der Waals surface area contributed by atoms with Crippen molar-refractivity contribution in [3.05, 3.63) is 12.0 Å². The summed E-state index contributed by atoms with van der Waals surface area (Å²) in [6.07, 6.45) is 2.83. The first kappa shape index (κ1) is 14.1. The highest BCUT2D eigenvalue weighted by Gasteiger charge is 2.11. The Labute approximate surface area is 116 Å². The van der Waals surface area contributed by atoms with Crippen LogP contribution in [-0.2, 0) is 12.8 Å². The molecule has 104 valence electrons. The van der Waals surface area contributed by atoms with Crippen LogP contribution in [0.1, 0.15) is 19.2 Å². The van der Waals surface area contributed by atoms with E-state index < -0.39 is 0 Å². The van der Waals surface area contributed by atoms with Crippen molar-refractivity contribution >= 4 is 28.6 Å². The molecule has 19 heavy (non-hydrogen) atoms. The summed E-state index contributed by atoms with van der Waals surface area (Å²) < 4.78 is 1.76. The maximum absolute atomic E-state index is 8.81. The number of aryl methyl sites for hydroxylation is 1. The quantitative estimate of drug-likeness (QED) is 0.747. The van der Waals surface area contributed by atoms with Crippen molar-refractivity contribution < 1.29 is 5.11 Å². The van der Waals surface area contributed by atoms with Gasteiger partial charge in [-0.15, -0.1) is 0 Å². The van der Waals surface area contributed by atoms with Crippen LogP contribution in [0.2, 0.25) is 0 Å². The molecule has 0 atom stereocenters. The van der Waals surface area contributed by atoms with Crippen molar-refractivity contribution in [2.45, 2.75) is 19.1 Å². The summed E-state index contributed by atoms with van der Waals surface area (Å²) in [5.74, 6) is 3.01. The molecule has 0 aliphatic heterocycles. The van der Waals surface area contributed by atoms with Gasteiger partial charge in [0.25, 0.3) is 0 Å². The zero-order chi connectivity index (χ0) is 13.7. The number of rotatable bonds is 7. The zero-order valence-corrected chi connectivity index (χ0v) is 12.1. The van der Waals surface area contributed by atoms with E-state index in [2.05, 4.69) is 27.3 Å². The van der Waals surface area contributed by atoms with Crippen molar-refractivity contribution in [3.8, 4) is 0 Å². The number of anilines is 1. The lowest BCUT2D eigenvalue weighted by molar-refractivity contribution is 0.322. The Morgan fingerprint density at radius 2 is 2.26 bits per heavy atom. The number of nitrogens with one attached hydrogen (secondary N) is 1. The highest BCUT2D eigenvalue weighted by atomic mass is 32.2. The topological polar surface area (TPSA) is 75.9 Å². The standard InChI is InChI=1S/C12H19N5OS/c1-3-4-13-11-9-7-14-17(2)12(9)16-10(15-11)8-19-6-5-18/h7,18H,3-6,8H2,1-2H3,(H,13,15,16). The molecule has 2 N–H and O–H groups in total. The maximum atomic E-state index is 8.81. The van der Waals surface area contributed by atoms with Crippen LogP contribution in [-0.4, -0.2) is 43.8 Å². The van der Waals surface area contributed by atoms with Gasteiger partial charge in [0, 0.05) is 19.3 Å². The highest BCUT2D eigenvalue weighted by Crippen LogP contribution is 2.21. The SMILES string of the molecule is CCCNc1nc(CSCCO)nc2c1cnn2C. The van der Waals surface area contributed by atoms with Gasteiger partial charge in [-0.2, -0.15) is 16.9 Å². The fraction of sp³-hybridized carbons (Fsp3) is 0.583. The van der Waals surface area contributed by atoms with E-state index in [1.807, 2.05) is 7.05 Å². The molecule has 0 fully saturated rings. The molecular formula is C12H19N5OS. The van der Waals surface area contributed by atoms with Gasteiger partial charge >= 0.3 is 0 Å². The predicted octanol–water partition coefficient (Wildman–Crippen LogP) is 1.41. The average Bonchev–Trinajstić information content (AvgIpc) is 2.78. The molecule has 2 aromatic heterocycles. The second-order valence-electron chi connectivity index (χ2n) is 4.20. The first-order valence-corrected chi connectivity index (χ1v) is 7.52. The zero-order valence-electron chi connectivity index (χ0n) is 11.3. The number of thioether (sulfide) groups is 1. The largest absolute Gasteiger partial charge is 0.396 e. The number of aliphatic hydroxyl groups is 1. The maximum Gasteiger partial charge on any atom is 0.163 e. The molecule has 0 saturated carbocycles. The van der Waals surface area contributed by atoms with Crippen molar-refractivity contribution in [2.24, 2.45) is 7.05 Å². The van der Waals surface area contributed by atoms with Gasteiger partial charge in [0.1, 0.15) is 11.6 Å². The van der Waals surface area contributed by atoms with E-state index in [1.54, 1.807) is 22.6 Å². The molecule has 2 aromatic rings. The Balaban J connectivity index is 2.28. The molecule has 2 rings (SSSR count). The monoisotopic (exact) mass is 281 g/mol. The van der Waals surface area contributed by atoms with Crippen LogP contribution in [0.3, 0.4) is 0 Å². The van der Waals surface area contributed by atoms with Gasteiger partial charge in [-0.1, -0.05) is 6.92 Å². The van der Waals surface area contributed by atoms with E-state index in [9.17, 15) is 0 Å². The Kier molecular flexibility index (Phi) is 4.98. The molecule has 2 heterocycles. The van der Waals surface area contributed by atoms with Gasteiger partial charge in [0.05, 0.1) is 23.9 Å². The van der Waals surface area contributed by atoms with E-state index in [0.717, 1.165) is 35.6 Å². The molecule has 0 aliphatic rings. The Morgan fingerprint density at radius 3 is 3.00 bits per heavy atom. The first-order chi connectivity index (χ1) is 9.26. The summed E-state index contributed by atoms with van der Waals surface area (Å²) in [5, 5.41) is 17.3. The minimum Gasteiger partial charge on any atom is -0.396 e. The van der Waals surface area contributed by atoms with Crippen LogP contribution in [0.4, 0.5) is 5.82 Å². The molecule has 0 unspecified atom stereocenters. The molecule has 0 spiro atoms. The highest BCUT2D eigenvalue weighted by molar-refractivity contribution is 7.98. The summed E-state index contributed by atoms with van der Waals surface area (Å²) >= 11 is 1.62. The third-order valence-corrected chi connectivity index (χ3v) is 3.58. The third kappa shape index (κ3) is 3.36. The molecule has 0 aromatic carbocycles. The van der Waals surface area contributed by atoms with Crippen LogP contribution in [0.25, 0.3) is 11.0 Å². The second-order valence-corrected chi connectivity index (χ2v) is 5.30. The van der Waals surface area contributed by atoms with E-state index >= 15 is 0 Å². The molecule has 0 aliphatic carbocycles. The van der Waals surface area contributed by atoms with Crippen molar-refractivity contribution in [3.63, 3.8) is 0 Å². The summed E-state index contributed by atoms with van der Waals surface area (Å²) in [7, 11) is 1.88. The summed E-state index contributed by atoms with van der Waals surface area (Å²) in [4.78, 5) is 9.07. The molecule has 6 nitrogen and oxygen atoms in total. The van der Waals surface area contributed by atoms with Crippen LogP contribution >= 0.6 is 11.8 Å². The number of hydrogen-bond acceptors (Lipinski definition) is 6. The second kappa shape index (κ2) is 6.72. The van der Waals surface area contributed by atoms with Gasteiger partial charge < -0.3 is 10.4 Å². The summed E-state index contributed by atoms with van der Waals surface area (Å²) in [6, 6.07) is 0. The fourth-order valence-electron chi connectivity index (χ4n) is 1.74. The normalized spacial score (nSPS) is 11.1. The van der Waals surface area contributed by atoms with E-state index in [4.69, 9.17) is 5.11 Å². The van der Waals surface area contributed by atoms with Crippen molar-refractivity contribution in [1.82, 2.24) is 19.7 Å². The number of aromatic nitrogens is 4. The summed E-state index contributed by atoms with van der Waals surface area (Å²) in [6.45, 7) is 3.18. The van der Waals surface area contributed by atoms with E-state index in [1.165, 1.54) is 0 Å². The number of nitrogens with zero attached hydrogens (tertiary/aromatic N) is 4. The lowest BCUT2D eigenvalue weighted by atomic mass is 10.3. The minimum atomic E-state index is 0.180. The average molecular weight is 281 g/mol. The number of fused-ring (bicyclic) bond motifs is 1. The molecule has 0 saturated heterocycles. The number of aliphatic hydroxyl groups excluding tert-OH is 1. The lowest BCUT2D eigenvalue weighted by Crippen LogP contribution is -2.06. The predicted molar refractivity (Wildman–Crippen MR) is 78.3 cm³/mol. The first-order valence-electron chi connectivity index (χ1n) is 6.37. The molecule has 0 amide bonds. The Morgan fingerprint density at radius 1 is 1.42 bits per heavy atom. The van der Waals surface area contributed by atoms with Crippen molar-refractivity contribution in [2.75, 3.05) is 24.2 Å². The van der Waals surface area contributed by atoms with Crippen LogP contribution in [0.15, 0.2) is 6.20 Å². The summed E-state index contributed by atoms with van der Waals surface area (Å²) in [5.41, 5.74) is 0.841. The van der Waals surface area contributed by atoms with Gasteiger partial charge in [0.15, 0.2) is 5.65 Å². The molecule has 0 radical (unpaired) electrons. The fourth-order valence-corrected chi connectivity index (χ4v) is 2.32. The molecule has 0 bridgehead atoms. The third-order valence-electron chi connectivity index (χ3n) is 2.65. The van der Waals surface area contributed by atoms with Crippen LogP contribution < -0.4 is 5.32 Å². The van der Waals surface area contributed by atoms with Crippen LogP contribution in [0.5, 0.6) is 0 Å².